The molecule has 6 heteroatoms. The minimum Gasteiger partial charge on any atom is -0.395 e. The fourth-order valence-corrected chi connectivity index (χ4v) is 2.02. The Morgan fingerprint density at radius 3 is 2.72 bits per heavy atom. The second-order valence-electron chi connectivity index (χ2n) is 4.50. The van der Waals surface area contributed by atoms with Crippen LogP contribution in [-0.4, -0.2) is 34.1 Å². The van der Waals surface area contributed by atoms with Gasteiger partial charge in [-0.1, -0.05) is 0 Å². The standard InChI is InChI=1S/C12H15FN2O3/c13-10-5-9(6-12(7-10)15(17)18)8-14(3-4-16)11-1-2-11/h5-7,11,16H,1-4,8H2. The highest BCUT2D eigenvalue weighted by Gasteiger charge is 2.28. The van der Waals surface area contributed by atoms with E-state index in [2.05, 4.69) is 0 Å². The van der Waals surface area contributed by atoms with Gasteiger partial charge in [0, 0.05) is 25.2 Å². The number of nitrogens with zero attached hydrogens (tertiary/aromatic N) is 2. The van der Waals surface area contributed by atoms with Crippen LogP contribution in [0.25, 0.3) is 0 Å². The molecule has 1 aromatic rings. The molecule has 1 saturated carbocycles. The van der Waals surface area contributed by atoms with Gasteiger partial charge in [-0.25, -0.2) is 4.39 Å². The largest absolute Gasteiger partial charge is 0.395 e. The molecule has 1 aliphatic rings. The molecular weight excluding hydrogens is 239 g/mol. The number of benzene rings is 1. The zero-order valence-corrected chi connectivity index (χ0v) is 9.88. The molecule has 2 rings (SSSR count). The summed E-state index contributed by atoms with van der Waals surface area (Å²) in [6.07, 6.45) is 2.13. The number of aliphatic hydroxyl groups is 1. The number of non-ortho nitro benzene ring substituents is 1. The van der Waals surface area contributed by atoms with E-state index in [0.717, 1.165) is 18.9 Å². The monoisotopic (exact) mass is 254 g/mol. The van der Waals surface area contributed by atoms with Gasteiger partial charge in [0.2, 0.25) is 0 Å². The van der Waals surface area contributed by atoms with Crippen molar-refractivity contribution in [1.29, 1.82) is 0 Å². The van der Waals surface area contributed by atoms with Crippen molar-refractivity contribution in [2.45, 2.75) is 25.4 Å². The van der Waals surface area contributed by atoms with Gasteiger partial charge in [-0.15, -0.1) is 0 Å². The number of halogens is 1. The molecular formula is C12H15FN2O3. The van der Waals surface area contributed by atoms with Crippen LogP contribution in [0.3, 0.4) is 0 Å². The van der Waals surface area contributed by atoms with E-state index >= 15 is 0 Å². The molecule has 0 amide bonds. The Balaban J connectivity index is 2.13. The first kappa shape index (κ1) is 12.9. The molecule has 1 aliphatic carbocycles. The van der Waals surface area contributed by atoms with Gasteiger partial charge < -0.3 is 5.11 Å². The molecule has 5 nitrogen and oxygen atoms in total. The van der Waals surface area contributed by atoms with Crippen molar-refractivity contribution in [1.82, 2.24) is 4.90 Å². The van der Waals surface area contributed by atoms with E-state index in [1.807, 2.05) is 4.90 Å². The molecule has 1 fully saturated rings. The van der Waals surface area contributed by atoms with Gasteiger partial charge >= 0.3 is 0 Å². The highest BCUT2D eigenvalue weighted by Crippen LogP contribution is 2.28. The van der Waals surface area contributed by atoms with Gasteiger partial charge in [0.05, 0.1) is 17.6 Å². The van der Waals surface area contributed by atoms with Gasteiger partial charge in [0.25, 0.3) is 5.69 Å². The van der Waals surface area contributed by atoms with Gasteiger partial charge in [-0.05, 0) is 24.5 Å². The Hall–Kier alpha value is -1.53. The summed E-state index contributed by atoms with van der Waals surface area (Å²) in [4.78, 5) is 12.1. The van der Waals surface area contributed by atoms with E-state index in [1.165, 1.54) is 12.1 Å². The Kier molecular flexibility index (Phi) is 3.88. The Morgan fingerprint density at radius 1 is 1.44 bits per heavy atom. The molecule has 0 spiro atoms. The Labute approximate surface area is 104 Å². The Morgan fingerprint density at radius 2 is 2.17 bits per heavy atom. The molecule has 0 radical (unpaired) electrons. The van der Waals surface area contributed by atoms with Crippen LogP contribution in [0, 0.1) is 15.9 Å². The molecule has 0 aliphatic heterocycles. The van der Waals surface area contributed by atoms with E-state index < -0.39 is 10.7 Å². The van der Waals surface area contributed by atoms with E-state index in [0.29, 0.717) is 24.7 Å². The highest BCUT2D eigenvalue weighted by atomic mass is 19.1. The van der Waals surface area contributed by atoms with Crippen LogP contribution < -0.4 is 0 Å². The fourth-order valence-electron chi connectivity index (χ4n) is 2.02. The molecule has 18 heavy (non-hydrogen) atoms. The maximum Gasteiger partial charge on any atom is 0.272 e. The second kappa shape index (κ2) is 5.41. The van der Waals surface area contributed by atoms with Gasteiger partial charge in [-0.2, -0.15) is 0 Å². The smallest absolute Gasteiger partial charge is 0.272 e. The number of hydrogen-bond acceptors (Lipinski definition) is 4. The van der Waals surface area contributed by atoms with E-state index in [-0.39, 0.29) is 12.3 Å². The minimum absolute atomic E-state index is 0.0356. The summed E-state index contributed by atoms with van der Waals surface area (Å²) >= 11 is 0. The summed E-state index contributed by atoms with van der Waals surface area (Å²) in [5.41, 5.74) is 0.340. The second-order valence-corrected chi connectivity index (χ2v) is 4.50. The summed E-state index contributed by atoms with van der Waals surface area (Å²) in [7, 11) is 0. The van der Waals surface area contributed by atoms with Crippen LogP contribution in [0.4, 0.5) is 10.1 Å². The van der Waals surface area contributed by atoms with E-state index in [1.54, 1.807) is 0 Å². The summed E-state index contributed by atoms with van der Waals surface area (Å²) in [6, 6.07) is 4.02. The van der Waals surface area contributed by atoms with Gasteiger partial charge in [0.1, 0.15) is 5.82 Å². The third-order valence-corrected chi connectivity index (χ3v) is 2.99. The molecule has 0 unspecified atom stereocenters. The van der Waals surface area contributed by atoms with Crippen molar-refractivity contribution < 1.29 is 14.4 Å². The van der Waals surface area contributed by atoms with Crippen molar-refractivity contribution >= 4 is 5.69 Å². The van der Waals surface area contributed by atoms with Gasteiger partial charge in [-0.3, -0.25) is 15.0 Å². The number of nitro benzene ring substituents is 1. The highest BCUT2D eigenvalue weighted by molar-refractivity contribution is 5.35. The van der Waals surface area contributed by atoms with Crippen molar-refractivity contribution in [2.75, 3.05) is 13.2 Å². The zero-order chi connectivity index (χ0) is 13.1. The zero-order valence-electron chi connectivity index (χ0n) is 9.88. The lowest BCUT2D eigenvalue weighted by molar-refractivity contribution is -0.385. The van der Waals surface area contributed by atoms with Crippen LogP contribution >= 0.6 is 0 Å². The summed E-state index contributed by atoms with van der Waals surface area (Å²) in [6.45, 7) is 0.979. The quantitative estimate of drug-likeness (QED) is 0.619. The molecule has 0 heterocycles. The number of hydrogen-bond donors (Lipinski definition) is 1. The van der Waals surface area contributed by atoms with Crippen molar-refractivity contribution in [3.05, 3.63) is 39.7 Å². The maximum absolute atomic E-state index is 13.3. The molecule has 98 valence electrons. The topological polar surface area (TPSA) is 66.6 Å². The first-order valence-electron chi connectivity index (χ1n) is 5.89. The average molecular weight is 254 g/mol. The number of nitro groups is 1. The predicted octanol–water partition coefficient (Wildman–Crippen LogP) is 1.69. The van der Waals surface area contributed by atoms with Crippen LogP contribution in [0.1, 0.15) is 18.4 Å². The summed E-state index contributed by atoms with van der Waals surface area (Å²) in [5, 5.41) is 19.6. The lowest BCUT2D eigenvalue weighted by atomic mass is 10.2. The lowest BCUT2D eigenvalue weighted by Crippen LogP contribution is -2.28. The molecule has 1 aromatic carbocycles. The first-order valence-corrected chi connectivity index (χ1v) is 5.89. The maximum atomic E-state index is 13.3. The summed E-state index contributed by atoms with van der Waals surface area (Å²) in [5.74, 6) is -0.598. The molecule has 0 bridgehead atoms. The van der Waals surface area contributed by atoms with E-state index in [9.17, 15) is 14.5 Å². The summed E-state index contributed by atoms with van der Waals surface area (Å²) < 4.78 is 13.3. The van der Waals surface area contributed by atoms with Crippen molar-refractivity contribution in [2.24, 2.45) is 0 Å². The lowest BCUT2D eigenvalue weighted by Gasteiger charge is -2.20. The molecule has 0 atom stereocenters. The minimum atomic E-state index is -0.598. The predicted molar refractivity (Wildman–Crippen MR) is 63.6 cm³/mol. The SMILES string of the molecule is O=[N+]([O-])c1cc(F)cc(CN(CCO)C2CC2)c1. The molecule has 1 N–H and O–H groups in total. The normalized spacial score (nSPS) is 15.1. The molecule has 0 aromatic heterocycles. The van der Waals surface area contributed by atoms with Crippen LogP contribution in [0.15, 0.2) is 18.2 Å². The van der Waals surface area contributed by atoms with Crippen molar-refractivity contribution in [3.8, 4) is 0 Å². The van der Waals surface area contributed by atoms with Gasteiger partial charge in [0.15, 0.2) is 0 Å². The van der Waals surface area contributed by atoms with E-state index in [4.69, 9.17) is 5.11 Å². The van der Waals surface area contributed by atoms with Crippen LogP contribution in [0.2, 0.25) is 0 Å². The van der Waals surface area contributed by atoms with Crippen LogP contribution in [0.5, 0.6) is 0 Å². The number of rotatable bonds is 6. The molecule has 0 saturated heterocycles. The van der Waals surface area contributed by atoms with Crippen LogP contribution in [-0.2, 0) is 6.54 Å². The Bertz CT molecular complexity index is 449. The first-order chi connectivity index (χ1) is 8.60. The third kappa shape index (κ3) is 3.24. The third-order valence-electron chi connectivity index (χ3n) is 2.99. The average Bonchev–Trinajstić information content (AvgIpc) is 3.11. The fraction of sp³-hybridized carbons (Fsp3) is 0.500. The number of aliphatic hydroxyl groups excluding tert-OH is 1. The van der Waals surface area contributed by atoms with Crippen molar-refractivity contribution in [3.63, 3.8) is 0 Å².